The van der Waals surface area contributed by atoms with Crippen LogP contribution in [0.1, 0.15) is 71.4 Å². The van der Waals surface area contributed by atoms with Crippen LogP contribution in [0.3, 0.4) is 0 Å². The first kappa shape index (κ1) is 34.3. The van der Waals surface area contributed by atoms with E-state index < -0.39 is 53.5 Å². The van der Waals surface area contributed by atoms with Gasteiger partial charge >= 0.3 is 5.97 Å². The van der Waals surface area contributed by atoms with Crippen LogP contribution in [0.5, 0.6) is 0 Å². The first-order valence-electron chi connectivity index (χ1n) is 16.5. The molecule has 4 aliphatic heterocycles. The number of hydrogen-bond donors (Lipinski definition) is 2. The standard InChI is InChI=1S/C35H46BrN3O7/c1-5-13-22(4)38-17-12-8-11-16-27(41)45-20-25(23-14-9-7-10-15-23)37-32(42)28-29-33(43)39(26(19-40)21(3)6-2)31(34(38)44)35(29)18-24(36)30(28)46-35/h7-10,12,14-15,18,21-22,25-26,28-31,40H,5-6,11,13,16-17,19-20H2,1-4H3,(H,37,42)/b12-8-/t21-,22?,25+,26-,28+,29-,30+,31+,35-/m0/s1. The number of allylic oxidation sites excluding steroid dienone is 1. The second-order valence-electron chi connectivity index (χ2n) is 13.0. The Morgan fingerprint density at radius 2 is 1.83 bits per heavy atom. The van der Waals surface area contributed by atoms with Crippen LogP contribution in [-0.4, -0.2) is 88.2 Å². The fourth-order valence-electron chi connectivity index (χ4n) is 7.55. The van der Waals surface area contributed by atoms with E-state index in [4.69, 9.17) is 9.47 Å². The van der Waals surface area contributed by atoms with Crippen molar-refractivity contribution in [2.75, 3.05) is 19.8 Å². The van der Waals surface area contributed by atoms with Gasteiger partial charge in [0, 0.05) is 23.5 Å². The highest BCUT2D eigenvalue weighted by atomic mass is 79.9. The number of hydrogen-bond acceptors (Lipinski definition) is 7. The minimum Gasteiger partial charge on any atom is -0.463 e. The lowest BCUT2D eigenvalue weighted by Gasteiger charge is -2.41. The van der Waals surface area contributed by atoms with Gasteiger partial charge in [-0.3, -0.25) is 19.2 Å². The van der Waals surface area contributed by atoms with Gasteiger partial charge in [0.05, 0.1) is 30.5 Å². The zero-order valence-electron chi connectivity index (χ0n) is 27.1. The SMILES string of the molecule is CCCC(C)N1C/C=C\CCC(=O)OC[C@H](c2ccccc2)NC(=O)[C@H]2[C@@H]3O[C@@]4(C=C3Br)[C@@H]2C(=O)N([C@@H](CO)[C@@H](C)CC)[C@@H]4C1=O. The van der Waals surface area contributed by atoms with E-state index in [0.717, 1.165) is 18.4 Å². The Bertz CT molecular complexity index is 1370. The van der Waals surface area contributed by atoms with Gasteiger partial charge in [0.15, 0.2) is 0 Å². The molecule has 250 valence electrons. The van der Waals surface area contributed by atoms with E-state index in [0.29, 0.717) is 17.3 Å². The molecule has 9 atom stereocenters. The Morgan fingerprint density at radius 1 is 1.09 bits per heavy atom. The van der Waals surface area contributed by atoms with E-state index in [1.165, 1.54) is 4.90 Å². The molecule has 0 aromatic heterocycles. The van der Waals surface area contributed by atoms with Gasteiger partial charge in [-0.15, -0.1) is 0 Å². The summed E-state index contributed by atoms with van der Waals surface area (Å²) in [4.78, 5) is 59.9. The van der Waals surface area contributed by atoms with Crippen molar-refractivity contribution < 1.29 is 33.8 Å². The highest BCUT2D eigenvalue weighted by Crippen LogP contribution is 2.59. The molecule has 3 amide bonds. The quantitative estimate of drug-likeness (QED) is 0.310. The number of cyclic esters (lactones) is 1. The Balaban J connectivity index is 1.64. The summed E-state index contributed by atoms with van der Waals surface area (Å²) >= 11 is 3.62. The summed E-state index contributed by atoms with van der Waals surface area (Å²) < 4.78 is 12.9. The number of nitrogens with one attached hydrogen (secondary N) is 1. The van der Waals surface area contributed by atoms with Crippen molar-refractivity contribution in [3.8, 4) is 0 Å². The molecule has 10 nitrogen and oxygen atoms in total. The van der Waals surface area contributed by atoms with Crippen LogP contribution in [0.4, 0.5) is 0 Å². The van der Waals surface area contributed by atoms with Crippen LogP contribution in [0.2, 0.25) is 0 Å². The van der Waals surface area contributed by atoms with Gasteiger partial charge in [0.2, 0.25) is 17.7 Å². The first-order chi connectivity index (χ1) is 22.1. The van der Waals surface area contributed by atoms with E-state index in [1.54, 1.807) is 11.0 Å². The molecule has 1 spiro atoms. The summed E-state index contributed by atoms with van der Waals surface area (Å²) in [5, 5.41) is 13.7. The second-order valence-corrected chi connectivity index (χ2v) is 13.9. The summed E-state index contributed by atoms with van der Waals surface area (Å²) in [5.41, 5.74) is -0.656. The number of aliphatic hydroxyl groups excluding tert-OH is 1. The van der Waals surface area contributed by atoms with Crippen molar-refractivity contribution in [2.24, 2.45) is 17.8 Å². The molecule has 1 unspecified atom stereocenters. The second kappa shape index (κ2) is 14.4. The van der Waals surface area contributed by atoms with Gasteiger partial charge in [-0.2, -0.15) is 0 Å². The first-order valence-corrected chi connectivity index (χ1v) is 17.3. The smallest absolute Gasteiger partial charge is 0.306 e. The lowest BCUT2D eigenvalue weighted by molar-refractivity contribution is -0.153. The molecule has 1 aromatic rings. The molecular weight excluding hydrogens is 654 g/mol. The highest BCUT2D eigenvalue weighted by molar-refractivity contribution is 9.11. The number of rotatable bonds is 8. The van der Waals surface area contributed by atoms with E-state index in [9.17, 15) is 24.3 Å². The van der Waals surface area contributed by atoms with E-state index in [2.05, 4.69) is 28.2 Å². The zero-order valence-corrected chi connectivity index (χ0v) is 28.6. The lowest BCUT2D eigenvalue weighted by Crippen LogP contribution is -2.60. The molecule has 4 heterocycles. The molecule has 11 heteroatoms. The number of benzene rings is 1. The lowest BCUT2D eigenvalue weighted by atomic mass is 9.74. The van der Waals surface area contributed by atoms with Crippen LogP contribution in [0.25, 0.3) is 0 Å². The van der Waals surface area contributed by atoms with E-state index in [1.807, 2.05) is 63.3 Å². The molecule has 4 aliphatic rings. The molecule has 2 N–H and O–H groups in total. The molecule has 1 aromatic carbocycles. The molecule has 0 saturated carbocycles. The molecule has 5 rings (SSSR count). The van der Waals surface area contributed by atoms with Crippen molar-refractivity contribution >= 4 is 39.6 Å². The summed E-state index contributed by atoms with van der Waals surface area (Å²) in [6, 6.07) is 6.69. The summed E-state index contributed by atoms with van der Waals surface area (Å²) in [6.45, 7) is 7.86. The zero-order chi connectivity index (χ0) is 33.2. The van der Waals surface area contributed by atoms with Gasteiger partial charge in [-0.25, -0.2) is 0 Å². The summed E-state index contributed by atoms with van der Waals surface area (Å²) in [5.74, 6) is -3.55. The predicted octanol–water partition coefficient (Wildman–Crippen LogP) is 4.03. The molecule has 2 saturated heterocycles. The number of aliphatic hydroxyl groups is 1. The number of fused-ring (bicyclic) bond motifs is 2. The maximum atomic E-state index is 14.9. The Morgan fingerprint density at radius 3 is 2.50 bits per heavy atom. The third-order valence-corrected chi connectivity index (χ3v) is 10.9. The van der Waals surface area contributed by atoms with Crippen molar-refractivity contribution in [1.82, 2.24) is 15.1 Å². The Labute approximate surface area is 279 Å². The van der Waals surface area contributed by atoms with Crippen molar-refractivity contribution in [3.05, 3.63) is 58.6 Å². The van der Waals surface area contributed by atoms with Crippen LogP contribution >= 0.6 is 15.9 Å². The Hall–Kier alpha value is -3.02. The fraction of sp³-hybridized carbons (Fsp3) is 0.600. The number of nitrogens with zero attached hydrogens (tertiary/aromatic N) is 2. The van der Waals surface area contributed by atoms with Crippen LogP contribution in [0.15, 0.2) is 53.0 Å². The van der Waals surface area contributed by atoms with Gasteiger partial charge in [-0.05, 0) is 37.3 Å². The maximum Gasteiger partial charge on any atom is 0.306 e. The van der Waals surface area contributed by atoms with Crippen LogP contribution in [-0.2, 0) is 28.7 Å². The van der Waals surface area contributed by atoms with Crippen molar-refractivity contribution in [3.63, 3.8) is 0 Å². The average molecular weight is 701 g/mol. The number of carbonyl (C=O) groups is 4. The molecule has 46 heavy (non-hydrogen) atoms. The monoisotopic (exact) mass is 699 g/mol. The summed E-state index contributed by atoms with van der Waals surface area (Å²) in [6.07, 6.45) is 7.63. The number of esters is 1. The topological polar surface area (TPSA) is 125 Å². The average Bonchev–Trinajstić information content (AvgIpc) is 3.64. The normalized spacial score (nSPS) is 32.8. The number of likely N-dealkylation sites (tertiary alicyclic amines) is 1. The van der Waals surface area contributed by atoms with Gasteiger partial charge in [0.25, 0.3) is 0 Å². The van der Waals surface area contributed by atoms with Gasteiger partial charge in [-0.1, -0.05) is 92.0 Å². The highest BCUT2D eigenvalue weighted by Gasteiger charge is 2.75. The number of halogens is 1. The third-order valence-electron chi connectivity index (χ3n) is 10.2. The van der Waals surface area contributed by atoms with Gasteiger partial charge < -0.3 is 29.7 Å². The largest absolute Gasteiger partial charge is 0.463 e. The van der Waals surface area contributed by atoms with Crippen molar-refractivity contribution in [1.29, 1.82) is 0 Å². The molecule has 5 bridgehead atoms. The molecule has 2 fully saturated rings. The molecular formula is C35H46BrN3O7. The number of ether oxygens (including phenoxy) is 2. The number of amides is 3. The molecule has 0 aliphatic carbocycles. The van der Waals surface area contributed by atoms with E-state index in [-0.39, 0.29) is 50.0 Å². The predicted molar refractivity (Wildman–Crippen MR) is 175 cm³/mol. The number of carbonyl (C=O) groups excluding carboxylic acids is 4. The minimum atomic E-state index is -1.41. The van der Waals surface area contributed by atoms with Gasteiger partial charge in [0.1, 0.15) is 24.4 Å². The van der Waals surface area contributed by atoms with Crippen LogP contribution in [0, 0.1) is 17.8 Å². The maximum absolute atomic E-state index is 14.9. The fourth-order valence-corrected chi connectivity index (χ4v) is 8.29. The third kappa shape index (κ3) is 6.18. The molecule has 0 radical (unpaired) electrons. The van der Waals surface area contributed by atoms with Crippen molar-refractivity contribution in [2.45, 2.75) is 95.7 Å². The summed E-state index contributed by atoms with van der Waals surface area (Å²) in [7, 11) is 0. The van der Waals surface area contributed by atoms with Crippen LogP contribution < -0.4 is 5.32 Å². The Kier molecular flexibility index (Phi) is 10.7. The van der Waals surface area contributed by atoms with E-state index >= 15 is 0 Å². The minimum absolute atomic E-state index is 0.0759.